The van der Waals surface area contributed by atoms with E-state index < -0.39 is 0 Å². The summed E-state index contributed by atoms with van der Waals surface area (Å²) in [7, 11) is 3.60. The first-order chi connectivity index (χ1) is 15.0. The largest absolute Gasteiger partial charge is 0.378 e. The number of hydrogen-bond donors (Lipinski definition) is 2. The van der Waals surface area contributed by atoms with E-state index in [0.717, 1.165) is 24.0 Å². The molecule has 2 bridgehead atoms. The predicted octanol–water partition coefficient (Wildman–Crippen LogP) is 1.04. The smallest absolute Gasteiger partial charge is 0.266 e. The van der Waals surface area contributed by atoms with E-state index in [0.29, 0.717) is 46.5 Å². The van der Waals surface area contributed by atoms with Gasteiger partial charge in [-0.05, 0) is 12.1 Å². The van der Waals surface area contributed by atoms with Crippen LogP contribution >= 0.6 is 11.6 Å². The predicted molar refractivity (Wildman–Crippen MR) is 118 cm³/mol. The maximum absolute atomic E-state index is 13.4. The lowest BCUT2D eigenvalue weighted by atomic mass is 10.1. The zero-order valence-corrected chi connectivity index (χ0v) is 17.8. The Hall–Kier alpha value is -2.95. The average Bonchev–Trinajstić information content (AvgIpc) is 3.34. The van der Waals surface area contributed by atoms with Gasteiger partial charge in [0.25, 0.3) is 5.56 Å². The van der Waals surface area contributed by atoms with Crippen LogP contribution in [0.1, 0.15) is 0 Å². The van der Waals surface area contributed by atoms with Crippen LogP contribution in [-0.2, 0) is 18.8 Å². The molecule has 10 nitrogen and oxygen atoms in total. The van der Waals surface area contributed by atoms with Crippen molar-refractivity contribution in [2.24, 2.45) is 14.1 Å². The van der Waals surface area contributed by atoms with E-state index in [1.807, 2.05) is 25.4 Å². The van der Waals surface area contributed by atoms with Crippen LogP contribution in [0, 0.1) is 0 Å². The number of morpholine rings is 1. The lowest BCUT2D eigenvalue weighted by Crippen LogP contribution is -2.63. The number of aromatic amines is 1. The summed E-state index contributed by atoms with van der Waals surface area (Å²) in [4.78, 5) is 20.3. The fraction of sp³-hybridized carbons (Fsp3) is 0.400. The second-order valence-corrected chi connectivity index (χ2v) is 8.62. The molecule has 3 aromatic heterocycles. The molecule has 2 atom stereocenters. The summed E-state index contributed by atoms with van der Waals surface area (Å²) >= 11 is 6.69. The Kier molecular flexibility index (Phi) is 4.11. The highest BCUT2D eigenvalue weighted by atomic mass is 35.5. The van der Waals surface area contributed by atoms with Crippen molar-refractivity contribution in [2.75, 3.05) is 31.2 Å². The molecule has 2 fully saturated rings. The van der Waals surface area contributed by atoms with Crippen LogP contribution < -0.4 is 15.8 Å². The monoisotopic (exact) mass is 440 g/mol. The maximum Gasteiger partial charge on any atom is 0.266 e. The third-order valence-electron chi connectivity index (χ3n) is 6.05. The minimum atomic E-state index is -0.161. The summed E-state index contributed by atoms with van der Waals surface area (Å²) in [5.74, 6) is 0.614. The SMILES string of the molecule is Cn1cc2c(Cl)c(-c3[nH]nc4nc(N5CC6COCC(C5)N6)n(C)c(=O)c34)ccc2n1. The molecule has 0 aliphatic carbocycles. The number of aromatic nitrogens is 6. The van der Waals surface area contributed by atoms with Gasteiger partial charge in [0.2, 0.25) is 5.95 Å². The molecule has 31 heavy (non-hydrogen) atoms. The van der Waals surface area contributed by atoms with E-state index in [2.05, 4.69) is 25.5 Å². The number of halogens is 1. The zero-order chi connectivity index (χ0) is 21.3. The molecule has 0 spiro atoms. The summed E-state index contributed by atoms with van der Waals surface area (Å²) in [5.41, 5.74) is 2.28. The number of piperazine rings is 1. The molecule has 0 saturated carbocycles. The van der Waals surface area contributed by atoms with Gasteiger partial charge in [0.05, 0.1) is 29.4 Å². The Labute approximate surface area is 181 Å². The molecule has 5 heterocycles. The van der Waals surface area contributed by atoms with E-state index in [9.17, 15) is 4.79 Å². The van der Waals surface area contributed by atoms with Crippen molar-refractivity contribution in [1.82, 2.24) is 34.8 Å². The van der Waals surface area contributed by atoms with Crippen LogP contribution in [0.25, 0.3) is 33.2 Å². The fourth-order valence-electron chi connectivity index (χ4n) is 4.66. The summed E-state index contributed by atoms with van der Waals surface area (Å²) in [6.07, 6.45) is 1.86. The molecule has 160 valence electrons. The number of ether oxygens (including phenoxy) is 1. The van der Waals surface area contributed by atoms with Gasteiger partial charge < -0.3 is 15.0 Å². The molecule has 1 aromatic carbocycles. The van der Waals surface area contributed by atoms with E-state index >= 15 is 0 Å². The van der Waals surface area contributed by atoms with Crippen LogP contribution in [0.15, 0.2) is 23.1 Å². The number of nitrogens with zero attached hydrogens (tertiary/aromatic N) is 6. The Morgan fingerprint density at radius 2 is 1.97 bits per heavy atom. The number of H-pyrrole nitrogens is 1. The van der Waals surface area contributed by atoms with Crippen molar-refractivity contribution in [3.63, 3.8) is 0 Å². The van der Waals surface area contributed by atoms with Crippen molar-refractivity contribution < 1.29 is 4.74 Å². The standard InChI is InChI=1S/C20H21ClN8O2/c1-27-7-13-14(26-27)4-3-12(16(13)21)17-15-18(25-24-17)23-20(28(2)19(15)30)29-5-10-8-31-9-11(6-29)22-10/h3-4,7,10-11,22H,5-6,8-9H2,1-2H3,(H,24,25). The molecule has 11 heteroatoms. The highest BCUT2D eigenvalue weighted by Gasteiger charge is 2.32. The van der Waals surface area contributed by atoms with Crippen molar-refractivity contribution in [3.05, 3.63) is 33.7 Å². The molecule has 2 unspecified atom stereocenters. The van der Waals surface area contributed by atoms with E-state index in [1.54, 1.807) is 16.3 Å². The Morgan fingerprint density at radius 3 is 2.74 bits per heavy atom. The van der Waals surface area contributed by atoms with Gasteiger partial charge in [-0.3, -0.25) is 19.1 Å². The Morgan fingerprint density at radius 1 is 1.19 bits per heavy atom. The first-order valence-corrected chi connectivity index (χ1v) is 10.5. The third-order valence-corrected chi connectivity index (χ3v) is 6.46. The van der Waals surface area contributed by atoms with Gasteiger partial charge in [-0.1, -0.05) is 11.6 Å². The number of benzene rings is 1. The van der Waals surface area contributed by atoms with Gasteiger partial charge in [-0.15, -0.1) is 0 Å². The quantitative estimate of drug-likeness (QED) is 0.479. The first-order valence-electron chi connectivity index (χ1n) is 10.2. The summed E-state index contributed by atoms with van der Waals surface area (Å²) in [5, 5.41) is 17.1. The lowest BCUT2D eigenvalue weighted by molar-refractivity contribution is 0.0371. The molecule has 2 aliphatic rings. The number of aryl methyl sites for hydroxylation is 1. The fourth-order valence-corrected chi connectivity index (χ4v) is 4.96. The number of anilines is 1. The van der Waals surface area contributed by atoms with Crippen LogP contribution in [-0.4, -0.2) is 67.9 Å². The van der Waals surface area contributed by atoms with Gasteiger partial charge in [-0.2, -0.15) is 15.2 Å². The van der Waals surface area contributed by atoms with Gasteiger partial charge in [0.15, 0.2) is 5.65 Å². The summed E-state index contributed by atoms with van der Waals surface area (Å²) < 4.78 is 8.94. The molecular weight excluding hydrogens is 420 g/mol. The second-order valence-electron chi connectivity index (χ2n) is 8.24. The normalized spacial score (nSPS) is 21.3. The van der Waals surface area contributed by atoms with Crippen molar-refractivity contribution in [3.8, 4) is 11.3 Å². The van der Waals surface area contributed by atoms with Gasteiger partial charge in [0, 0.05) is 56.4 Å². The van der Waals surface area contributed by atoms with E-state index in [-0.39, 0.29) is 17.6 Å². The molecule has 0 radical (unpaired) electrons. The van der Waals surface area contributed by atoms with Gasteiger partial charge in [0.1, 0.15) is 5.39 Å². The van der Waals surface area contributed by atoms with E-state index in [1.165, 1.54) is 0 Å². The first kappa shape index (κ1) is 18.8. The maximum atomic E-state index is 13.4. The van der Waals surface area contributed by atoms with Gasteiger partial charge in [-0.25, -0.2) is 0 Å². The van der Waals surface area contributed by atoms with Crippen LogP contribution in [0.5, 0.6) is 0 Å². The summed E-state index contributed by atoms with van der Waals surface area (Å²) in [6, 6.07) is 4.19. The average molecular weight is 441 g/mol. The molecule has 0 amide bonds. The van der Waals surface area contributed by atoms with Crippen molar-refractivity contribution >= 4 is 39.5 Å². The number of fused-ring (bicyclic) bond motifs is 4. The van der Waals surface area contributed by atoms with Crippen LogP contribution in [0.2, 0.25) is 5.02 Å². The van der Waals surface area contributed by atoms with Crippen molar-refractivity contribution in [2.45, 2.75) is 12.1 Å². The highest BCUT2D eigenvalue weighted by molar-refractivity contribution is 6.38. The number of hydrogen-bond acceptors (Lipinski definition) is 7. The minimum absolute atomic E-state index is 0.161. The summed E-state index contributed by atoms with van der Waals surface area (Å²) in [6.45, 7) is 2.77. The number of rotatable bonds is 2. The topological polar surface area (TPSA) is 106 Å². The molecule has 2 aliphatic heterocycles. The third kappa shape index (κ3) is 2.86. The zero-order valence-electron chi connectivity index (χ0n) is 17.1. The van der Waals surface area contributed by atoms with Crippen molar-refractivity contribution in [1.29, 1.82) is 0 Å². The molecule has 2 N–H and O–H groups in total. The molecule has 4 aromatic rings. The van der Waals surface area contributed by atoms with Crippen LogP contribution in [0.4, 0.5) is 5.95 Å². The Bertz CT molecular complexity index is 1380. The number of nitrogens with one attached hydrogen (secondary N) is 2. The lowest BCUT2D eigenvalue weighted by Gasteiger charge is -2.42. The van der Waals surface area contributed by atoms with Crippen LogP contribution in [0.3, 0.4) is 0 Å². The Balaban J connectivity index is 1.48. The minimum Gasteiger partial charge on any atom is -0.378 e. The van der Waals surface area contributed by atoms with Gasteiger partial charge >= 0.3 is 0 Å². The second kappa shape index (κ2) is 6.78. The molecule has 2 saturated heterocycles. The highest BCUT2D eigenvalue weighted by Crippen LogP contribution is 2.35. The van der Waals surface area contributed by atoms with E-state index in [4.69, 9.17) is 21.3 Å². The molecule has 6 rings (SSSR count). The molecular formula is C20H21ClN8O2.